The first kappa shape index (κ1) is 22.0. The predicted octanol–water partition coefficient (Wildman–Crippen LogP) is 3.99. The van der Waals surface area contributed by atoms with Crippen molar-refractivity contribution in [2.24, 2.45) is 0 Å². The zero-order valence-electron chi connectivity index (χ0n) is 16.9. The summed E-state index contributed by atoms with van der Waals surface area (Å²) in [7, 11) is 0. The number of benzene rings is 3. The highest BCUT2D eigenvalue weighted by molar-refractivity contribution is 6.00. The largest absolute Gasteiger partial charge is 0.478 e. The van der Waals surface area contributed by atoms with Gasteiger partial charge in [0.15, 0.2) is 0 Å². The summed E-state index contributed by atoms with van der Waals surface area (Å²) in [6.45, 7) is 1.90. The number of nitrogens with one attached hydrogen (secondary N) is 3. The predicted molar refractivity (Wildman–Crippen MR) is 118 cm³/mol. The fourth-order valence-corrected chi connectivity index (χ4v) is 2.67. The maximum absolute atomic E-state index is 11.8. The minimum atomic E-state index is -0.999. The number of anilines is 2. The minimum Gasteiger partial charge on any atom is -0.478 e. The molecule has 0 atom stereocenters. The van der Waals surface area contributed by atoms with Crippen LogP contribution in [-0.4, -0.2) is 43.6 Å². The summed E-state index contributed by atoms with van der Waals surface area (Å²) in [6, 6.07) is 17.6. The number of aromatic amines is 1. The fourth-order valence-electron chi connectivity index (χ4n) is 2.67. The number of hydrogen-bond donors (Lipinski definition) is 5. The molecule has 1 heterocycles. The molecule has 0 radical (unpaired) electrons. The van der Waals surface area contributed by atoms with E-state index >= 15 is 0 Å². The lowest BCUT2D eigenvalue weighted by Gasteiger charge is -2.09. The number of aromatic nitrogens is 3. The van der Waals surface area contributed by atoms with Crippen LogP contribution in [-0.2, 0) is 0 Å². The van der Waals surface area contributed by atoms with Crippen molar-refractivity contribution in [2.45, 2.75) is 6.92 Å². The summed E-state index contributed by atoms with van der Waals surface area (Å²) in [5.74, 6) is -1.96. The van der Waals surface area contributed by atoms with Crippen LogP contribution in [0.4, 0.5) is 16.2 Å². The lowest BCUT2D eigenvalue weighted by molar-refractivity contribution is 0.0686. The molecule has 10 nitrogen and oxygen atoms in total. The van der Waals surface area contributed by atoms with Gasteiger partial charge in [-0.1, -0.05) is 23.4 Å². The normalized spacial score (nSPS) is 10.0. The number of carbonyl (C=O) groups excluding carboxylic acids is 1. The molecule has 0 aliphatic rings. The van der Waals surface area contributed by atoms with Crippen LogP contribution in [0.15, 0.2) is 66.7 Å². The summed E-state index contributed by atoms with van der Waals surface area (Å²) < 4.78 is 0. The molecule has 162 valence electrons. The molecule has 5 N–H and O–H groups in total. The number of nitrogens with zero attached hydrogens (tertiary/aromatic N) is 2. The van der Waals surface area contributed by atoms with Gasteiger partial charge in [-0.05, 0) is 61.0 Å². The lowest BCUT2D eigenvalue weighted by atomic mass is 10.2. The molecule has 0 bridgehead atoms. The van der Waals surface area contributed by atoms with E-state index < -0.39 is 11.9 Å². The topological polar surface area (TPSA) is 157 Å². The number of carbonyl (C=O) groups is 3. The second kappa shape index (κ2) is 9.85. The molecule has 0 aliphatic heterocycles. The number of fused-ring (bicyclic) bond motifs is 1. The van der Waals surface area contributed by atoms with Crippen molar-refractivity contribution in [3.05, 3.63) is 83.4 Å². The average molecular weight is 433 g/mol. The Morgan fingerprint density at radius 1 is 0.844 bits per heavy atom. The molecule has 4 aromatic rings. The van der Waals surface area contributed by atoms with E-state index in [9.17, 15) is 14.4 Å². The van der Waals surface area contributed by atoms with Gasteiger partial charge in [0.1, 0.15) is 5.52 Å². The molecule has 0 saturated heterocycles. The summed E-state index contributed by atoms with van der Waals surface area (Å²) >= 11 is 0. The van der Waals surface area contributed by atoms with Gasteiger partial charge in [0, 0.05) is 11.4 Å². The van der Waals surface area contributed by atoms with Crippen molar-refractivity contribution < 1.29 is 24.6 Å². The SMILES string of the molecule is Cc1ccccc1NC(=O)Nc1ccc(C(=O)O)cc1.O=C(O)c1ccc2[nH]nnc2c1. The van der Waals surface area contributed by atoms with E-state index in [1.807, 2.05) is 31.2 Å². The van der Waals surface area contributed by atoms with E-state index in [1.165, 1.54) is 24.3 Å². The number of urea groups is 1. The van der Waals surface area contributed by atoms with Crippen LogP contribution < -0.4 is 10.6 Å². The monoisotopic (exact) mass is 433 g/mol. The van der Waals surface area contributed by atoms with Crippen molar-refractivity contribution in [2.75, 3.05) is 10.6 Å². The molecule has 32 heavy (non-hydrogen) atoms. The number of aromatic carboxylic acids is 2. The van der Waals surface area contributed by atoms with Crippen molar-refractivity contribution in [3.63, 3.8) is 0 Å². The standard InChI is InChI=1S/C15H14N2O3.C7H5N3O2/c1-10-4-2-3-5-13(10)17-15(20)16-12-8-6-11(7-9-12)14(18)19;11-7(12)4-1-2-5-6(3-4)9-10-8-5/h2-9H,1H3,(H,18,19)(H2,16,17,20);1-3H,(H,11,12)(H,8,9,10). The Morgan fingerprint density at radius 2 is 1.50 bits per heavy atom. The minimum absolute atomic E-state index is 0.176. The van der Waals surface area contributed by atoms with Gasteiger partial charge in [-0.15, -0.1) is 5.10 Å². The van der Waals surface area contributed by atoms with Crippen LogP contribution in [0.3, 0.4) is 0 Å². The van der Waals surface area contributed by atoms with Crippen LogP contribution in [0.1, 0.15) is 26.3 Å². The summed E-state index contributed by atoms with van der Waals surface area (Å²) in [4.78, 5) is 33.0. The highest BCUT2D eigenvalue weighted by Gasteiger charge is 2.06. The molecule has 3 aromatic carbocycles. The van der Waals surface area contributed by atoms with Gasteiger partial charge in [-0.25, -0.2) is 14.4 Å². The lowest BCUT2D eigenvalue weighted by Crippen LogP contribution is -2.19. The van der Waals surface area contributed by atoms with E-state index in [2.05, 4.69) is 26.0 Å². The van der Waals surface area contributed by atoms with Gasteiger partial charge in [0.25, 0.3) is 0 Å². The van der Waals surface area contributed by atoms with Crippen molar-refractivity contribution in [3.8, 4) is 0 Å². The molecule has 0 unspecified atom stereocenters. The molecule has 10 heteroatoms. The Hall–Kier alpha value is -4.73. The smallest absolute Gasteiger partial charge is 0.335 e. The van der Waals surface area contributed by atoms with Gasteiger partial charge in [0.05, 0.1) is 16.6 Å². The zero-order valence-corrected chi connectivity index (χ0v) is 16.9. The Labute approximate surface area is 181 Å². The number of rotatable bonds is 4. The second-order valence-corrected chi connectivity index (χ2v) is 6.63. The number of amides is 2. The molecule has 0 saturated carbocycles. The fraction of sp³-hybridized carbons (Fsp3) is 0.0455. The average Bonchev–Trinajstić information content (AvgIpc) is 3.24. The Bertz CT molecular complexity index is 1270. The molecule has 4 rings (SSSR count). The number of hydrogen-bond acceptors (Lipinski definition) is 5. The highest BCUT2D eigenvalue weighted by Crippen LogP contribution is 2.15. The summed E-state index contributed by atoms with van der Waals surface area (Å²) in [5, 5.41) is 32.6. The number of carboxylic acids is 2. The van der Waals surface area contributed by atoms with Crippen LogP contribution in [0.5, 0.6) is 0 Å². The van der Waals surface area contributed by atoms with Crippen molar-refractivity contribution in [1.29, 1.82) is 0 Å². The molecular weight excluding hydrogens is 414 g/mol. The first-order chi connectivity index (χ1) is 15.3. The van der Waals surface area contributed by atoms with Crippen LogP contribution in [0.2, 0.25) is 0 Å². The number of carboxylic acid groups (broad SMARTS) is 2. The van der Waals surface area contributed by atoms with Gasteiger partial charge in [-0.3, -0.25) is 5.10 Å². The van der Waals surface area contributed by atoms with E-state index in [1.54, 1.807) is 18.2 Å². The summed E-state index contributed by atoms with van der Waals surface area (Å²) in [6.07, 6.45) is 0. The van der Waals surface area contributed by atoms with E-state index in [-0.39, 0.29) is 17.2 Å². The Balaban J connectivity index is 0.000000204. The highest BCUT2D eigenvalue weighted by atomic mass is 16.4. The zero-order chi connectivity index (χ0) is 23.1. The maximum atomic E-state index is 11.8. The Morgan fingerprint density at radius 3 is 2.16 bits per heavy atom. The van der Waals surface area contributed by atoms with Gasteiger partial charge in [-0.2, -0.15) is 0 Å². The van der Waals surface area contributed by atoms with E-state index in [0.29, 0.717) is 11.2 Å². The molecule has 1 aromatic heterocycles. The first-order valence-corrected chi connectivity index (χ1v) is 9.34. The third kappa shape index (κ3) is 5.66. The molecule has 2 amide bonds. The van der Waals surface area contributed by atoms with E-state index in [0.717, 1.165) is 16.8 Å². The van der Waals surface area contributed by atoms with Gasteiger partial charge < -0.3 is 20.8 Å². The van der Waals surface area contributed by atoms with Crippen LogP contribution >= 0.6 is 0 Å². The molecule has 0 aliphatic carbocycles. The van der Waals surface area contributed by atoms with Crippen molar-refractivity contribution >= 4 is 40.4 Å². The van der Waals surface area contributed by atoms with Crippen LogP contribution in [0.25, 0.3) is 11.0 Å². The van der Waals surface area contributed by atoms with Crippen LogP contribution in [0, 0.1) is 6.92 Å². The van der Waals surface area contributed by atoms with Gasteiger partial charge in [0.2, 0.25) is 0 Å². The second-order valence-electron chi connectivity index (χ2n) is 6.63. The maximum Gasteiger partial charge on any atom is 0.335 e. The number of para-hydroxylation sites is 1. The van der Waals surface area contributed by atoms with E-state index in [4.69, 9.17) is 10.2 Å². The molecule has 0 spiro atoms. The Kier molecular flexibility index (Phi) is 6.76. The quantitative estimate of drug-likeness (QED) is 0.325. The number of H-pyrrole nitrogens is 1. The number of aryl methyl sites for hydroxylation is 1. The third-order valence-electron chi connectivity index (χ3n) is 4.36. The van der Waals surface area contributed by atoms with Crippen molar-refractivity contribution in [1.82, 2.24) is 15.4 Å². The molecular formula is C22H19N5O5. The van der Waals surface area contributed by atoms with Gasteiger partial charge >= 0.3 is 18.0 Å². The third-order valence-corrected chi connectivity index (χ3v) is 4.36. The molecule has 0 fully saturated rings. The summed E-state index contributed by atoms with van der Waals surface area (Å²) in [5.41, 5.74) is 3.92. The first-order valence-electron chi connectivity index (χ1n) is 9.34.